The van der Waals surface area contributed by atoms with Crippen LogP contribution in [0.1, 0.15) is 12.0 Å². The van der Waals surface area contributed by atoms with E-state index in [1.807, 2.05) is 18.4 Å². The Bertz CT molecular complexity index is 694. The standard InChI is InChI=1S/C14H16BrN3O3S2/c1-20-10-6-8(9(15)7-11(10)21-2)4-5-12(19)16-13-17-18-14(22-3)23-13/h6-7H,4-5H2,1-3H3,(H,16,17,19). The number of aromatic nitrogens is 2. The van der Waals surface area contributed by atoms with Crippen LogP contribution in [0.3, 0.4) is 0 Å². The Morgan fingerprint density at radius 3 is 2.61 bits per heavy atom. The van der Waals surface area contributed by atoms with E-state index in [1.54, 1.807) is 14.2 Å². The number of nitrogens with zero attached hydrogens (tertiary/aromatic N) is 2. The molecule has 1 amide bonds. The van der Waals surface area contributed by atoms with Crippen LogP contribution in [0.15, 0.2) is 20.9 Å². The summed E-state index contributed by atoms with van der Waals surface area (Å²) in [7, 11) is 3.17. The fourth-order valence-corrected chi connectivity index (χ4v) is 3.57. The lowest BCUT2D eigenvalue weighted by atomic mass is 10.1. The van der Waals surface area contributed by atoms with Crippen molar-refractivity contribution >= 4 is 50.1 Å². The predicted octanol–water partition coefficient (Wildman–Crippen LogP) is 3.61. The first-order valence-electron chi connectivity index (χ1n) is 6.65. The van der Waals surface area contributed by atoms with E-state index in [-0.39, 0.29) is 5.91 Å². The second-order valence-corrected chi connectivity index (χ2v) is 7.31. The summed E-state index contributed by atoms with van der Waals surface area (Å²) in [6.45, 7) is 0. The molecule has 0 bridgehead atoms. The Morgan fingerprint density at radius 2 is 2.00 bits per heavy atom. The highest BCUT2D eigenvalue weighted by molar-refractivity contribution is 9.10. The van der Waals surface area contributed by atoms with Crippen molar-refractivity contribution < 1.29 is 14.3 Å². The summed E-state index contributed by atoms with van der Waals surface area (Å²) in [4.78, 5) is 12.0. The van der Waals surface area contributed by atoms with Gasteiger partial charge in [-0.1, -0.05) is 39.0 Å². The number of thioether (sulfide) groups is 1. The number of nitrogens with one attached hydrogen (secondary N) is 1. The van der Waals surface area contributed by atoms with Crippen LogP contribution < -0.4 is 14.8 Å². The van der Waals surface area contributed by atoms with Crippen LogP contribution in [0, 0.1) is 0 Å². The van der Waals surface area contributed by atoms with Crippen molar-refractivity contribution in [1.82, 2.24) is 10.2 Å². The zero-order valence-electron chi connectivity index (χ0n) is 12.9. The average molecular weight is 418 g/mol. The Hall–Kier alpha value is -1.32. The first kappa shape index (κ1) is 18.0. The molecule has 1 aromatic carbocycles. The van der Waals surface area contributed by atoms with Gasteiger partial charge in [0.15, 0.2) is 15.8 Å². The van der Waals surface area contributed by atoms with Gasteiger partial charge >= 0.3 is 0 Å². The minimum absolute atomic E-state index is 0.101. The van der Waals surface area contributed by atoms with Gasteiger partial charge in [0.25, 0.3) is 0 Å². The quantitative estimate of drug-likeness (QED) is 0.547. The third kappa shape index (κ3) is 4.82. The van der Waals surface area contributed by atoms with Crippen LogP contribution in [0.2, 0.25) is 0 Å². The third-order valence-electron chi connectivity index (χ3n) is 3.00. The molecule has 0 radical (unpaired) electrons. The summed E-state index contributed by atoms with van der Waals surface area (Å²) in [6.07, 6.45) is 2.82. The molecule has 2 rings (SSSR count). The van der Waals surface area contributed by atoms with Crippen LogP contribution in [-0.4, -0.2) is 36.6 Å². The number of carbonyl (C=O) groups is 1. The fraction of sp³-hybridized carbons (Fsp3) is 0.357. The number of carbonyl (C=O) groups excluding carboxylic acids is 1. The Kier molecular flexibility index (Phi) is 6.67. The lowest BCUT2D eigenvalue weighted by Gasteiger charge is -2.11. The third-order valence-corrected chi connectivity index (χ3v) is 5.55. The molecule has 0 saturated carbocycles. The first-order chi connectivity index (χ1) is 11.1. The summed E-state index contributed by atoms with van der Waals surface area (Å²) in [6, 6.07) is 3.70. The second-order valence-electron chi connectivity index (χ2n) is 4.42. The van der Waals surface area contributed by atoms with Crippen LogP contribution >= 0.6 is 39.0 Å². The molecule has 0 aliphatic rings. The topological polar surface area (TPSA) is 73.3 Å². The smallest absolute Gasteiger partial charge is 0.226 e. The Labute approximate surface area is 151 Å². The fourth-order valence-electron chi connectivity index (χ4n) is 1.86. The van der Waals surface area contributed by atoms with E-state index in [0.717, 1.165) is 14.4 Å². The molecule has 1 aromatic heterocycles. The van der Waals surface area contributed by atoms with Crippen LogP contribution in [0.25, 0.3) is 0 Å². The average Bonchev–Trinajstić information content (AvgIpc) is 3.00. The number of aryl methyl sites for hydroxylation is 1. The van der Waals surface area contributed by atoms with Gasteiger partial charge in [0.2, 0.25) is 11.0 Å². The maximum Gasteiger partial charge on any atom is 0.226 e. The highest BCUT2D eigenvalue weighted by Gasteiger charge is 2.12. The molecule has 0 aliphatic carbocycles. The molecule has 0 atom stereocenters. The molecule has 23 heavy (non-hydrogen) atoms. The SMILES string of the molecule is COc1cc(Br)c(CCC(=O)Nc2nnc(SC)s2)cc1OC. The number of methoxy groups -OCH3 is 2. The maximum absolute atomic E-state index is 12.0. The summed E-state index contributed by atoms with van der Waals surface area (Å²) in [5.41, 5.74) is 0.972. The predicted molar refractivity (Wildman–Crippen MR) is 95.9 cm³/mol. The van der Waals surface area contributed by atoms with Crippen molar-refractivity contribution in [3.05, 3.63) is 22.2 Å². The monoisotopic (exact) mass is 417 g/mol. The number of rotatable bonds is 7. The van der Waals surface area contributed by atoms with E-state index in [4.69, 9.17) is 9.47 Å². The minimum atomic E-state index is -0.101. The van der Waals surface area contributed by atoms with Gasteiger partial charge in [-0.2, -0.15) is 0 Å². The molecule has 0 unspecified atom stereocenters. The zero-order valence-corrected chi connectivity index (χ0v) is 16.1. The van der Waals surface area contributed by atoms with Gasteiger partial charge in [-0.25, -0.2) is 0 Å². The van der Waals surface area contributed by atoms with Crippen molar-refractivity contribution in [2.75, 3.05) is 25.8 Å². The Morgan fingerprint density at radius 1 is 1.30 bits per heavy atom. The molecule has 0 saturated heterocycles. The van der Waals surface area contributed by atoms with E-state index < -0.39 is 0 Å². The number of ether oxygens (including phenoxy) is 2. The lowest BCUT2D eigenvalue weighted by molar-refractivity contribution is -0.116. The number of hydrogen-bond acceptors (Lipinski definition) is 7. The van der Waals surface area contributed by atoms with Gasteiger partial charge in [-0.05, 0) is 30.4 Å². The molecule has 6 nitrogen and oxygen atoms in total. The van der Waals surface area contributed by atoms with E-state index >= 15 is 0 Å². The van der Waals surface area contributed by atoms with E-state index in [1.165, 1.54) is 23.1 Å². The number of anilines is 1. The molecular weight excluding hydrogens is 402 g/mol. The first-order valence-corrected chi connectivity index (χ1v) is 9.48. The zero-order chi connectivity index (χ0) is 16.8. The summed E-state index contributed by atoms with van der Waals surface area (Å²) < 4.78 is 12.2. The van der Waals surface area contributed by atoms with Crippen LogP contribution in [-0.2, 0) is 11.2 Å². The van der Waals surface area contributed by atoms with Crippen molar-refractivity contribution in [2.45, 2.75) is 17.2 Å². The second kappa shape index (κ2) is 8.51. The highest BCUT2D eigenvalue weighted by atomic mass is 79.9. The Balaban J connectivity index is 1.98. The highest BCUT2D eigenvalue weighted by Crippen LogP contribution is 2.33. The van der Waals surface area contributed by atoms with E-state index in [0.29, 0.717) is 29.5 Å². The van der Waals surface area contributed by atoms with Crippen LogP contribution in [0.5, 0.6) is 11.5 Å². The summed E-state index contributed by atoms with van der Waals surface area (Å²) in [5.74, 6) is 1.18. The van der Waals surface area contributed by atoms with Gasteiger partial charge in [0.05, 0.1) is 14.2 Å². The van der Waals surface area contributed by atoms with Crippen molar-refractivity contribution in [2.24, 2.45) is 0 Å². The molecule has 1 heterocycles. The largest absolute Gasteiger partial charge is 0.493 e. The lowest BCUT2D eigenvalue weighted by Crippen LogP contribution is -2.12. The molecular formula is C14H16BrN3O3S2. The molecule has 0 spiro atoms. The minimum Gasteiger partial charge on any atom is -0.493 e. The number of halogens is 1. The van der Waals surface area contributed by atoms with Gasteiger partial charge in [-0.3, -0.25) is 4.79 Å². The van der Waals surface area contributed by atoms with Gasteiger partial charge in [0, 0.05) is 10.9 Å². The number of amides is 1. The molecule has 2 aromatic rings. The van der Waals surface area contributed by atoms with E-state index in [9.17, 15) is 4.79 Å². The van der Waals surface area contributed by atoms with Crippen LogP contribution in [0.4, 0.5) is 5.13 Å². The van der Waals surface area contributed by atoms with Crippen molar-refractivity contribution in [3.63, 3.8) is 0 Å². The molecule has 0 fully saturated rings. The molecule has 1 N–H and O–H groups in total. The summed E-state index contributed by atoms with van der Waals surface area (Å²) >= 11 is 6.35. The number of hydrogen-bond donors (Lipinski definition) is 1. The van der Waals surface area contributed by atoms with Crippen molar-refractivity contribution in [1.29, 1.82) is 0 Å². The van der Waals surface area contributed by atoms with Gasteiger partial charge in [0.1, 0.15) is 0 Å². The van der Waals surface area contributed by atoms with Gasteiger partial charge < -0.3 is 14.8 Å². The molecule has 0 aliphatic heterocycles. The maximum atomic E-state index is 12.0. The van der Waals surface area contributed by atoms with Gasteiger partial charge in [-0.15, -0.1) is 10.2 Å². The van der Waals surface area contributed by atoms with Crippen molar-refractivity contribution in [3.8, 4) is 11.5 Å². The summed E-state index contributed by atoms with van der Waals surface area (Å²) in [5, 5.41) is 11.1. The number of benzene rings is 1. The van der Waals surface area contributed by atoms with E-state index in [2.05, 4.69) is 31.4 Å². The molecule has 9 heteroatoms. The normalized spacial score (nSPS) is 10.4. The molecule has 124 valence electrons.